The molecule has 0 unspecified atom stereocenters. The van der Waals surface area contributed by atoms with E-state index in [1.54, 1.807) is 37.1 Å². The van der Waals surface area contributed by atoms with Crippen LogP contribution in [0.1, 0.15) is 12.2 Å². The van der Waals surface area contributed by atoms with E-state index in [9.17, 15) is 9.59 Å². The maximum atomic E-state index is 12.7. The van der Waals surface area contributed by atoms with Gasteiger partial charge in [-0.3, -0.25) is 10.1 Å². The second-order valence-electron chi connectivity index (χ2n) is 5.61. The highest BCUT2D eigenvalue weighted by Crippen LogP contribution is 2.30. The number of carbonyl (C=O) groups excluding carboxylic acids is 2. The Morgan fingerprint density at radius 1 is 1.46 bits per heavy atom. The van der Waals surface area contributed by atoms with Gasteiger partial charge in [0.1, 0.15) is 11.8 Å². The van der Waals surface area contributed by atoms with Crippen molar-refractivity contribution in [3.05, 3.63) is 41.1 Å². The van der Waals surface area contributed by atoms with Gasteiger partial charge in [-0.1, -0.05) is 28.9 Å². The number of aryl methyl sites for hydroxylation is 1. The van der Waals surface area contributed by atoms with Crippen LogP contribution in [-0.2, 0) is 4.79 Å². The van der Waals surface area contributed by atoms with Crippen LogP contribution in [-0.4, -0.2) is 41.6 Å². The number of halogens is 1. The molecule has 1 aromatic carbocycles. The number of nitrogens with one attached hydrogen (secondary N) is 1. The summed E-state index contributed by atoms with van der Waals surface area (Å²) >= 11 is 6.16. The standard InChI is InChI=1S/C16H17ClN4O3/c1-10-9-14(19-24-10)18-16(23)20(2)13-7-8-21(15(13)22)12-6-4-3-5-11(12)17/h3-6,9,13H,7-8H2,1-2H3,(H,18,19,23)/t13-/m0/s1. The smallest absolute Gasteiger partial charge is 0.323 e. The third kappa shape index (κ3) is 3.07. The highest BCUT2D eigenvalue weighted by atomic mass is 35.5. The van der Waals surface area contributed by atoms with Gasteiger partial charge in [-0.2, -0.15) is 0 Å². The number of amides is 3. The number of likely N-dealkylation sites (N-methyl/N-ethyl adjacent to an activating group) is 1. The van der Waals surface area contributed by atoms with Crippen LogP contribution in [0.3, 0.4) is 0 Å². The number of nitrogens with zero attached hydrogens (tertiary/aromatic N) is 3. The minimum Gasteiger partial charge on any atom is -0.360 e. The molecular weight excluding hydrogens is 332 g/mol. The number of benzene rings is 1. The molecule has 2 heterocycles. The number of hydrogen-bond donors (Lipinski definition) is 1. The van der Waals surface area contributed by atoms with E-state index >= 15 is 0 Å². The van der Waals surface area contributed by atoms with E-state index in [1.165, 1.54) is 4.90 Å². The van der Waals surface area contributed by atoms with E-state index in [4.69, 9.17) is 16.1 Å². The second-order valence-corrected chi connectivity index (χ2v) is 6.02. The van der Waals surface area contributed by atoms with Crippen molar-refractivity contribution in [1.82, 2.24) is 10.1 Å². The molecule has 1 aromatic heterocycles. The number of urea groups is 1. The van der Waals surface area contributed by atoms with Crippen LogP contribution < -0.4 is 10.2 Å². The fourth-order valence-corrected chi connectivity index (χ4v) is 2.94. The largest absolute Gasteiger partial charge is 0.360 e. The molecule has 1 fully saturated rings. The quantitative estimate of drug-likeness (QED) is 0.925. The maximum Gasteiger partial charge on any atom is 0.323 e. The van der Waals surface area contributed by atoms with Gasteiger partial charge >= 0.3 is 6.03 Å². The van der Waals surface area contributed by atoms with Crippen molar-refractivity contribution in [2.45, 2.75) is 19.4 Å². The molecule has 3 amide bonds. The van der Waals surface area contributed by atoms with E-state index in [0.717, 1.165) is 0 Å². The molecular formula is C16H17ClN4O3. The molecule has 3 rings (SSSR count). The zero-order valence-electron chi connectivity index (χ0n) is 13.3. The Labute approximate surface area is 144 Å². The summed E-state index contributed by atoms with van der Waals surface area (Å²) in [5.74, 6) is 0.754. The summed E-state index contributed by atoms with van der Waals surface area (Å²) in [6, 6.07) is 7.81. The highest BCUT2D eigenvalue weighted by molar-refractivity contribution is 6.34. The molecule has 0 radical (unpaired) electrons. The number of hydrogen-bond acceptors (Lipinski definition) is 4. The Morgan fingerprint density at radius 2 is 2.21 bits per heavy atom. The number of carbonyl (C=O) groups is 2. The maximum absolute atomic E-state index is 12.7. The van der Waals surface area contributed by atoms with Crippen LogP contribution in [0.4, 0.5) is 16.3 Å². The molecule has 24 heavy (non-hydrogen) atoms. The first-order valence-corrected chi connectivity index (χ1v) is 7.88. The Kier molecular flexibility index (Phi) is 4.44. The minimum absolute atomic E-state index is 0.155. The van der Waals surface area contributed by atoms with E-state index in [1.807, 2.05) is 12.1 Å². The lowest BCUT2D eigenvalue weighted by atomic mass is 10.2. The first-order chi connectivity index (χ1) is 11.5. The molecule has 0 aliphatic carbocycles. The zero-order chi connectivity index (χ0) is 17.3. The Balaban J connectivity index is 1.70. The van der Waals surface area contributed by atoms with Crippen molar-refractivity contribution in [1.29, 1.82) is 0 Å². The van der Waals surface area contributed by atoms with Crippen molar-refractivity contribution >= 4 is 35.0 Å². The normalized spacial score (nSPS) is 17.2. The molecule has 0 spiro atoms. The van der Waals surface area contributed by atoms with Crippen LogP contribution >= 0.6 is 11.6 Å². The van der Waals surface area contributed by atoms with Gasteiger partial charge < -0.3 is 14.3 Å². The molecule has 8 heteroatoms. The fraction of sp³-hybridized carbons (Fsp3) is 0.312. The van der Waals surface area contributed by atoms with E-state index in [0.29, 0.717) is 35.3 Å². The topological polar surface area (TPSA) is 78.7 Å². The van der Waals surface area contributed by atoms with E-state index < -0.39 is 12.1 Å². The van der Waals surface area contributed by atoms with Crippen molar-refractivity contribution in [2.75, 3.05) is 23.8 Å². The average molecular weight is 349 g/mol. The highest BCUT2D eigenvalue weighted by Gasteiger charge is 2.38. The van der Waals surface area contributed by atoms with Crippen LogP contribution in [0.25, 0.3) is 0 Å². The fourth-order valence-electron chi connectivity index (χ4n) is 2.70. The summed E-state index contributed by atoms with van der Waals surface area (Å²) in [5, 5.41) is 6.83. The number of aromatic nitrogens is 1. The van der Waals surface area contributed by atoms with Crippen LogP contribution in [0, 0.1) is 6.92 Å². The molecule has 7 nitrogen and oxygen atoms in total. The van der Waals surface area contributed by atoms with Crippen molar-refractivity contribution in [3.63, 3.8) is 0 Å². The summed E-state index contributed by atoms with van der Waals surface area (Å²) in [5.41, 5.74) is 0.660. The van der Waals surface area contributed by atoms with Crippen LogP contribution in [0.5, 0.6) is 0 Å². The van der Waals surface area contributed by atoms with E-state index in [-0.39, 0.29) is 5.91 Å². The summed E-state index contributed by atoms with van der Waals surface area (Å²) in [6.07, 6.45) is 0.534. The van der Waals surface area contributed by atoms with Crippen LogP contribution in [0.15, 0.2) is 34.9 Å². The molecule has 1 aliphatic heterocycles. The molecule has 0 bridgehead atoms. The van der Waals surface area contributed by atoms with Gasteiger partial charge in [-0.05, 0) is 25.5 Å². The van der Waals surface area contributed by atoms with Gasteiger partial charge in [-0.25, -0.2) is 4.79 Å². The summed E-state index contributed by atoms with van der Waals surface area (Å²) in [4.78, 5) is 28.0. The molecule has 1 atom stereocenters. The molecule has 1 aliphatic rings. The number of rotatable bonds is 3. The monoisotopic (exact) mass is 348 g/mol. The van der Waals surface area contributed by atoms with Crippen molar-refractivity contribution < 1.29 is 14.1 Å². The van der Waals surface area contributed by atoms with Crippen LogP contribution in [0.2, 0.25) is 5.02 Å². The van der Waals surface area contributed by atoms with Gasteiger partial charge in [0.25, 0.3) is 0 Å². The third-order valence-corrected chi connectivity index (χ3v) is 4.29. The van der Waals surface area contributed by atoms with Crippen molar-refractivity contribution in [2.24, 2.45) is 0 Å². The van der Waals surface area contributed by atoms with Gasteiger partial charge in [0.05, 0.1) is 10.7 Å². The average Bonchev–Trinajstić information content (AvgIpc) is 3.13. The summed E-state index contributed by atoms with van der Waals surface area (Å²) in [6.45, 7) is 2.24. The Hall–Kier alpha value is -2.54. The Morgan fingerprint density at radius 3 is 2.88 bits per heavy atom. The Bertz CT molecular complexity index is 776. The van der Waals surface area contributed by atoms with Crippen molar-refractivity contribution in [3.8, 4) is 0 Å². The minimum atomic E-state index is -0.547. The SMILES string of the molecule is Cc1cc(NC(=O)N(C)[C@H]2CCN(c3ccccc3Cl)C2=O)no1. The lowest BCUT2D eigenvalue weighted by molar-refractivity contribution is -0.120. The molecule has 126 valence electrons. The lowest BCUT2D eigenvalue weighted by Gasteiger charge is -2.24. The predicted octanol–water partition coefficient (Wildman–Crippen LogP) is 2.91. The summed E-state index contributed by atoms with van der Waals surface area (Å²) < 4.78 is 4.91. The van der Waals surface area contributed by atoms with Gasteiger partial charge in [-0.15, -0.1) is 0 Å². The van der Waals surface area contributed by atoms with Gasteiger partial charge in [0.15, 0.2) is 5.82 Å². The van der Waals surface area contributed by atoms with Gasteiger partial charge in [0.2, 0.25) is 5.91 Å². The second kappa shape index (κ2) is 6.52. The zero-order valence-corrected chi connectivity index (χ0v) is 14.1. The predicted molar refractivity (Wildman–Crippen MR) is 90.2 cm³/mol. The summed E-state index contributed by atoms with van der Waals surface area (Å²) in [7, 11) is 1.58. The molecule has 0 saturated carbocycles. The molecule has 1 N–H and O–H groups in total. The molecule has 1 saturated heterocycles. The lowest BCUT2D eigenvalue weighted by Crippen LogP contribution is -2.44. The van der Waals surface area contributed by atoms with Gasteiger partial charge in [0, 0.05) is 19.7 Å². The number of anilines is 2. The first kappa shape index (κ1) is 16.3. The number of para-hydroxylation sites is 1. The third-order valence-electron chi connectivity index (χ3n) is 3.97. The molecule has 2 aromatic rings. The van der Waals surface area contributed by atoms with E-state index in [2.05, 4.69) is 10.5 Å². The first-order valence-electron chi connectivity index (χ1n) is 7.50.